The van der Waals surface area contributed by atoms with E-state index in [0.29, 0.717) is 25.7 Å². The number of hydrogen-bond donors (Lipinski definition) is 11. The lowest BCUT2D eigenvalue weighted by Gasteiger charge is -2.49. The van der Waals surface area contributed by atoms with Gasteiger partial charge >= 0.3 is 25.7 Å². The van der Waals surface area contributed by atoms with Crippen molar-refractivity contribution in [3.63, 3.8) is 0 Å². The van der Waals surface area contributed by atoms with E-state index < -0.39 is 156 Å². The van der Waals surface area contributed by atoms with Crippen molar-refractivity contribution in [2.45, 2.75) is 369 Å². The maximum Gasteiger partial charge on any atom is 0.472 e. The Labute approximate surface area is 560 Å². The Morgan fingerprint density at radius 3 is 1.16 bits per heavy atom. The van der Waals surface area contributed by atoms with Crippen LogP contribution in [0.2, 0.25) is 0 Å². The number of carbonyl (C=O) groups excluding carboxylic acids is 3. The fourth-order valence-corrected chi connectivity index (χ4v) is 12.7. The van der Waals surface area contributed by atoms with Crippen LogP contribution in [0.25, 0.3) is 0 Å². The maximum atomic E-state index is 14.3. The highest BCUT2D eigenvalue weighted by atomic mass is 31.2. The third-order valence-corrected chi connectivity index (χ3v) is 18.7. The number of aliphatic hydroxyl groups is 10. The maximum absolute atomic E-state index is 14.3. The number of aliphatic hydroxyl groups excluding tert-OH is 10. The van der Waals surface area contributed by atoms with Crippen LogP contribution in [0.3, 0.4) is 0 Å². The fourth-order valence-electron chi connectivity index (χ4n) is 11.7. The van der Waals surface area contributed by atoms with Crippen LogP contribution in [-0.2, 0) is 61.2 Å². The van der Waals surface area contributed by atoms with Gasteiger partial charge in [0.15, 0.2) is 18.7 Å². The van der Waals surface area contributed by atoms with Gasteiger partial charge in [0.25, 0.3) is 0 Å². The molecule has 1 saturated carbocycles. The summed E-state index contributed by atoms with van der Waals surface area (Å²) in [6.45, 7) is 3.37. The minimum atomic E-state index is -5.70. The zero-order chi connectivity index (χ0) is 68.9. The van der Waals surface area contributed by atoms with Crippen LogP contribution in [0.15, 0.2) is 24.3 Å². The molecule has 550 valence electrons. The molecule has 18 atom stereocenters. The Kier molecular flexibility index (Phi) is 47.0. The topological polar surface area (TPSA) is 374 Å². The van der Waals surface area contributed by atoms with Gasteiger partial charge in [-0.25, -0.2) is 4.57 Å². The van der Waals surface area contributed by atoms with E-state index >= 15 is 0 Å². The average molecular weight is 1370 g/mol. The highest BCUT2D eigenvalue weighted by Crippen LogP contribution is 2.49. The van der Waals surface area contributed by atoms with E-state index in [0.717, 1.165) is 89.9 Å². The molecule has 0 aromatic carbocycles. The molecule has 94 heavy (non-hydrogen) atoms. The zero-order valence-corrected chi connectivity index (χ0v) is 57.9. The van der Waals surface area contributed by atoms with E-state index in [1.165, 1.54) is 109 Å². The first-order valence-corrected chi connectivity index (χ1v) is 37.6. The van der Waals surface area contributed by atoms with Crippen LogP contribution >= 0.6 is 7.82 Å². The molecule has 3 fully saturated rings. The highest BCUT2D eigenvalue weighted by molar-refractivity contribution is 7.47. The van der Waals surface area contributed by atoms with E-state index in [2.05, 4.69) is 45.1 Å². The summed E-state index contributed by atoms with van der Waals surface area (Å²) in [7, 11) is -5.70. The van der Waals surface area contributed by atoms with Gasteiger partial charge in [0.1, 0.15) is 98.7 Å². The molecule has 3 aliphatic rings. The summed E-state index contributed by atoms with van der Waals surface area (Å²) >= 11 is 0. The lowest BCUT2D eigenvalue weighted by atomic mass is 9.84. The molecular formula is C69H125O24P. The zero-order valence-electron chi connectivity index (χ0n) is 57.0. The molecule has 0 aromatic heterocycles. The summed E-state index contributed by atoms with van der Waals surface area (Å²) < 4.78 is 64.8. The molecule has 11 N–H and O–H groups in total. The van der Waals surface area contributed by atoms with Crippen molar-refractivity contribution >= 4 is 25.7 Å². The number of esters is 3. The van der Waals surface area contributed by atoms with Gasteiger partial charge in [-0.1, -0.05) is 199 Å². The standard InChI is InChI=1S/C69H125O24P/c1-4-7-10-13-16-19-22-25-27-29-32-34-37-40-43-53(71)85-47-50(88-55(73)45-42-39-36-33-30-26-23-20-17-14-11-8-5-2)48-87-94(83,84)93-67-65(91-68-63(81)58(76)56(74)51(46-70)89-68)61(79)60(78)62(80)66(67)92-69-64(82)59(77)57(75)52(90-69)49-86-54(72)44-41-38-35-31-28-24-21-18-15-12-9-6-3/h26-27,29-30,50-52,56-70,74-82H,4-25,28,31-49H2,1-3H3,(H,83,84)/b29-27-,30-26-. The summed E-state index contributed by atoms with van der Waals surface area (Å²) in [5.41, 5.74) is 0. The summed E-state index contributed by atoms with van der Waals surface area (Å²) in [6, 6.07) is 0. The number of allylic oxidation sites excluding steroid dienone is 4. The molecule has 0 spiro atoms. The smallest absolute Gasteiger partial charge is 0.463 e. The van der Waals surface area contributed by atoms with Crippen molar-refractivity contribution < 1.29 is 117 Å². The molecule has 2 aliphatic heterocycles. The van der Waals surface area contributed by atoms with Gasteiger partial charge in [-0.05, 0) is 70.6 Å². The lowest BCUT2D eigenvalue weighted by Crippen LogP contribution is -2.69. The van der Waals surface area contributed by atoms with Crippen LogP contribution in [0, 0.1) is 0 Å². The molecule has 2 saturated heterocycles. The van der Waals surface area contributed by atoms with Gasteiger partial charge in [-0.2, -0.15) is 0 Å². The Bertz CT molecular complexity index is 2050. The van der Waals surface area contributed by atoms with Crippen LogP contribution in [0.1, 0.15) is 265 Å². The molecule has 18 unspecified atom stereocenters. The van der Waals surface area contributed by atoms with Crippen LogP contribution in [-0.4, -0.2) is 204 Å². The summed E-state index contributed by atoms with van der Waals surface area (Å²) in [5.74, 6) is -2.03. The monoisotopic (exact) mass is 1370 g/mol. The van der Waals surface area contributed by atoms with Gasteiger partial charge in [0.2, 0.25) is 0 Å². The van der Waals surface area contributed by atoms with Crippen molar-refractivity contribution in [2.24, 2.45) is 0 Å². The van der Waals surface area contributed by atoms with E-state index in [1.807, 2.05) is 0 Å². The second-order valence-electron chi connectivity index (χ2n) is 25.9. The second-order valence-corrected chi connectivity index (χ2v) is 27.4. The van der Waals surface area contributed by atoms with Gasteiger partial charge in [-0.15, -0.1) is 0 Å². The molecule has 25 heteroatoms. The van der Waals surface area contributed by atoms with Crippen molar-refractivity contribution in [3.8, 4) is 0 Å². The highest BCUT2D eigenvalue weighted by Gasteiger charge is 2.58. The number of phosphoric ester groups is 1. The summed E-state index contributed by atoms with van der Waals surface area (Å²) in [6.07, 6.45) is 9.90. The van der Waals surface area contributed by atoms with Crippen molar-refractivity contribution in [1.82, 2.24) is 0 Å². The molecule has 3 rings (SSSR count). The number of carbonyl (C=O) groups is 3. The van der Waals surface area contributed by atoms with Crippen molar-refractivity contribution in [3.05, 3.63) is 24.3 Å². The quantitative estimate of drug-likeness (QED) is 0.00889. The van der Waals surface area contributed by atoms with Crippen LogP contribution in [0.4, 0.5) is 0 Å². The second kappa shape index (κ2) is 51.6. The predicted molar refractivity (Wildman–Crippen MR) is 351 cm³/mol. The molecule has 1 aliphatic carbocycles. The Balaban J connectivity index is 1.77. The molecule has 0 amide bonds. The van der Waals surface area contributed by atoms with E-state index in [1.54, 1.807) is 0 Å². The third kappa shape index (κ3) is 35.0. The molecule has 0 bridgehead atoms. The average Bonchev–Trinajstić information content (AvgIpc) is 0.766. The number of rotatable bonds is 55. The Hall–Kier alpha value is -2.56. The fraction of sp³-hybridized carbons (Fsp3) is 0.899. The summed E-state index contributed by atoms with van der Waals surface area (Å²) in [5, 5.41) is 110. The predicted octanol–water partition coefficient (Wildman–Crippen LogP) is 8.96. The third-order valence-electron chi connectivity index (χ3n) is 17.7. The minimum Gasteiger partial charge on any atom is -0.463 e. The van der Waals surface area contributed by atoms with E-state index in [-0.39, 0.29) is 19.3 Å². The molecular weight excluding hydrogens is 1240 g/mol. The Morgan fingerprint density at radius 1 is 0.404 bits per heavy atom. The van der Waals surface area contributed by atoms with E-state index in [4.69, 9.17) is 42.2 Å². The number of ether oxygens (including phenoxy) is 7. The first kappa shape index (κ1) is 85.7. The largest absolute Gasteiger partial charge is 0.472 e. The Morgan fingerprint density at radius 2 is 0.745 bits per heavy atom. The molecule has 24 nitrogen and oxygen atoms in total. The number of unbranched alkanes of at least 4 members (excludes halogenated alkanes) is 30. The lowest BCUT2D eigenvalue weighted by molar-refractivity contribution is -0.360. The molecule has 0 radical (unpaired) electrons. The molecule has 2 heterocycles. The van der Waals surface area contributed by atoms with Gasteiger partial charge < -0.3 is 89.1 Å². The summed E-state index contributed by atoms with van der Waals surface area (Å²) in [4.78, 5) is 50.8. The van der Waals surface area contributed by atoms with E-state index in [9.17, 15) is 74.9 Å². The minimum absolute atomic E-state index is 0.0223. The van der Waals surface area contributed by atoms with Gasteiger partial charge in [0.05, 0.1) is 13.2 Å². The number of phosphoric acid groups is 1. The normalized spacial score (nSPS) is 28.4. The van der Waals surface area contributed by atoms with Crippen LogP contribution < -0.4 is 0 Å². The van der Waals surface area contributed by atoms with Crippen molar-refractivity contribution in [1.29, 1.82) is 0 Å². The van der Waals surface area contributed by atoms with Crippen LogP contribution in [0.5, 0.6) is 0 Å². The SMILES string of the molecule is CCCCCCCC/C=C\CCCCCC(=O)OC(COC(=O)CCCCC/C=C\CCCCCCCCC)COP(=O)(O)OC1C(OC2OC(CO)C(O)C(O)C2O)C(O)C(O)C(O)C1OC1OC(COC(=O)CCCCCCCCCCCCCC)C(O)C(O)C1O. The first-order valence-electron chi connectivity index (χ1n) is 36.1. The van der Waals surface area contributed by atoms with Crippen molar-refractivity contribution in [2.75, 3.05) is 26.4 Å². The molecule has 0 aromatic rings. The first-order chi connectivity index (χ1) is 45.3. The van der Waals surface area contributed by atoms with Gasteiger partial charge in [-0.3, -0.25) is 23.4 Å². The number of hydrogen-bond acceptors (Lipinski definition) is 23. The van der Waals surface area contributed by atoms with Gasteiger partial charge in [0, 0.05) is 19.3 Å².